The van der Waals surface area contributed by atoms with Crippen molar-refractivity contribution in [1.29, 1.82) is 0 Å². The molecule has 11 atom stereocenters. The Labute approximate surface area is 541 Å². The maximum Gasteiger partial charge on any atom is 0.355 e. The van der Waals surface area contributed by atoms with Gasteiger partial charge in [-0.1, -0.05) is 90.1 Å². The number of epoxide rings is 1. The van der Waals surface area contributed by atoms with Crippen molar-refractivity contribution in [3.05, 3.63) is 106 Å². The first-order valence-electron chi connectivity index (χ1n) is 31.5. The Morgan fingerprint density at radius 1 is 0.688 bits per heavy atom. The highest BCUT2D eigenvalue weighted by Gasteiger charge is 2.48. The molecule has 6 N–H and O–H groups in total. The van der Waals surface area contributed by atoms with E-state index in [1.54, 1.807) is 110 Å². The topological polar surface area (TPSA) is 319 Å². The van der Waals surface area contributed by atoms with Crippen LogP contribution in [-0.4, -0.2) is 222 Å². The number of cyclic esters (lactones) is 1. The molecule has 3 aromatic carbocycles. The van der Waals surface area contributed by atoms with Crippen LogP contribution in [0.3, 0.4) is 0 Å². The number of aliphatic hydroxyl groups is 2. The average Bonchev–Trinajstić information content (AvgIpc) is 1.81. The standard InChI is InChI=1S/C67H88N10O16/c1-35(2)50-59(81)69-51(40-19-15-14-16-20-40)64(86)77-30-18-22-45(77)62(84)74(11)54(36(3)4)60(82)70-52(43(33-78)49-34-91-49)65(87)76-29-17-21-44(76)58(80)71-53-57(79)41-25-28-47(90-13)48(32-41)93-42-26-23-39(24-27-42)31-46(67(89)92-38(7)56(72(8)9)61(83)68-50)73(10)66(88)55(37(5)6)75(12)63(53)85/h14-16,19-20,23-28,31-32,35-38,44-45,49-51,53-57,78-79H,17-18,21-22,29-30,33-34H2,1-13H3,(H,68,83)(H,69,81)(H,70,82)(H,71,80)/t38-,44+,45+,49?,50+,51+,53+,54+,55+,56+,57?/m1/s1. The van der Waals surface area contributed by atoms with E-state index < -0.39 is 156 Å². The molecule has 0 spiro atoms. The molecule has 9 amide bonds. The Balaban J connectivity index is 1.28. The largest absolute Gasteiger partial charge is 0.493 e. The Bertz CT molecular complexity index is 3390. The second-order valence-electron chi connectivity index (χ2n) is 25.5. The Morgan fingerprint density at radius 2 is 1.31 bits per heavy atom. The fourth-order valence-electron chi connectivity index (χ4n) is 12.8. The Kier molecular flexibility index (Phi) is 22.6. The lowest BCUT2D eigenvalue weighted by atomic mass is 9.96. The molecule has 93 heavy (non-hydrogen) atoms. The summed E-state index contributed by atoms with van der Waals surface area (Å²) in [6.45, 7) is 10.9. The molecule has 0 saturated carbocycles. The predicted molar refractivity (Wildman–Crippen MR) is 339 cm³/mol. The summed E-state index contributed by atoms with van der Waals surface area (Å²) in [6.07, 6.45) is -1.82. The minimum atomic E-state index is -1.91. The van der Waals surface area contributed by atoms with Crippen molar-refractivity contribution in [2.45, 2.75) is 141 Å². The molecule has 502 valence electrons. The Hall–Kier alpha value is -8.72. The summed E-state index contributed by atoms with van der Waals surface area (Å²) in [6, 6.07) is 7.94. The summed E-state index contributed by atoms with van der Waals surface area (Å²) in [5.74, 6) is -9.75. The smallest absolute Gasteiger partial charge is 0.355 e. The van der Waals surface area contributed by atoms with Gasteiger partial charge in [0.05, 0.1) is 20.3 Å². The molecular formula is C67H88N10O16. The second-order valence-corrected chi connectivity index (χ2v) is 25.5. The molecule has 2 unspecified atom stereocenters. The van der Waals surface area contributed by atoms with Crippen molar-refractivity contribution in [2.75, 3.05) is 68.7 Å². The molecule has 4 saturated heterocycles. The number of likely N-dealkylation sites (N-methyl/N-ethyl adjacent to an activating group) is 4. The zero-order valence-electron chi connectivity index (χ0n) is 55.0. The molecule has 6 bridgehead atoms. The van der Waals surface area contributed by atoms with Crippen LogP contribution >= 0.6 is 0 Å². The van der Waals surface area contributed by atoms with Gasteiger partial charge in [-0.2, -0.15) is 0 Å². The van der Waals surface area contributed by atoms with Gasteiger partial charge in [0, 0.05) is 39.8 Å². The van der Waals surface area contributed by atoms with E-state index in [4.69, 9.17) is 18.9 Å². The highest BCUT2D eigenvalue weighted by molar-refractivity contribution is 6.04. The number of rotatable bonds is 8. The number of benzene rings is 3. The van der Waals surface area contributed by atoms with E-state index in [-0.39, 0.29) is 73.0 Å². The first-order chi connectivity index (χ1) is 44.1. The van der Waals surface area contributed by atoms with Gasteiger partial charge in [-0.25, -0.2) is 4.79 Å². The van der Waals surface area contributed by atoms with E-state index in [9.17, 15) is 29.4 Å². The SMILES string of the molecule is COc1ccc2cc1Oc1ccc(cc1)C=C1C(=O)O[C@H](C)[C@H](N(C)C)C(=O)N[C@@H](C(C)C)C(=O)N[C@@H](c3ccccc3)C(=O)N3CCC[C@H]3C(=O)N(C)[C@@H](C(C)C)C(=O)NC(=C(CO)C3CO3)C(=O)N3CCC[C@H]3C(=O)N[C@H](C(=O)N(C)[C@@H](C(C)C)C(=O)N1C)C2O. The summed E-state index contributed by atoms with van der Waals surface area (Å²) in [5, 5.41) is 34.6. The third-order valence-electron chi connectivity index (χ3n) is 17.8. The molecule has 26 heteroatoms. The molecular weight excluding hydrogens is 1200 g/mol. The van der Waals surface area contributed by atoms with Gasteiger partial charge in [-0.3, -0.25) is 48.1 Å². The Morgan fingerprint density at radius 3 is 1.90 bits per heavy atom. The van der Waals surface area contributed by atoms with Crippen LogP contribution < -0.4 is 30.7 Å². The van der Waals surface area contributed by atoms with Crippen LogP contribution in [-0.2, 0) is 57.4 Å². The van der Waals surface area contributed by atoms with Gasteiger partial charge in [-0.15, -0.1) is 0 Å². The van der Waals surface area contributed by atoms with Crippen molar-refractivity contribution < 1.29 is 77.1 Å². The number of hydrogen-bond donors (Lipinski definition) is 6. The van der Waals surface area contributed by atoms with Crippen LogP contribution in [0.1, 0.15) is 103 Å². The highest BCUT2D eigenvalue weighted by atomic mass is 16.6. The summed E-state index contributed by atoms with van der Waals surface area (Å²) in [7, 11) is 8.55. The van der Waals surface area contributed by atoms with Crippen LogP contribution in [0.4, 0.5) is 0 Å². The van der Waals surface area contributed by atoms with E-state index in [0.29, 0.717) is 17.5 Å². The van der Waals surface area contributed by atoms with Gasteiger partial charge in [0.15, 0.2) is 11.5 Å². The van der Waals surface area contributed by atoms with E-state index in [2.05, 4.69) is 21.3 Å². The summed E-state index contributed by atoms with van der Waals surface area (Å²) in [4.78, 5) is 158. The lowest BCUT2D eigenvalue weighted by Crippen LogP contribution is -2.60. The lowest BCUT2D eigenvalue weighted by Gasteiger charge is -2.37. The second kappa shape index (κ2) is 29.9. The molecule has 26 nitrogen and oxygen atoms in total. The molecule has 3 aromatic rings. The number of amides is 9. The van der Waals surface area contributed by atoms with Gasteiger partial charge in [0.25, 0.3) is 5.91 Å². The summed E-state index contributed by atoms with van der Waals surface area (Å²) >= 11 is 0. The van der Waals surface area contributed by atoms with E-state index in [0.717, 1.165) is 9.80 Å². The fourth-order valence-corrected chi connectivity index (χ4v) is 12.8. The minimum absolute atomic E-state index is 0.0140. The van der Waals surface area contributed by atoms with E-state index in [1.807, 2.05) is 0 Å². The molecule has 0 aromatic heterocycles. The van der Waals surface area contributed by atoms with E-state index in [1.165, 1.54) is 79.1 Å². The summed E-state index contributed by atoms with van der Waals surface area (Å²) < 4.78 is 23.7. The van der Waals surface area contributed by atoms with Gasteiger partial charge < -0.3 is 74.9 Å². The van der Waals surface area contributed by atoms with Crippen LogP contribution in [0.5, 0.6) is 17.2 Å². The van der Waals surface area contributed by atoms with Gasteiger partial charge >= 0.3 is 5.97 Å². The molecule has 4 fully saturated rings. The highest BCUT2D eigenvalue weighted by Crippen LogP contribution is 2.37. The van der Waals surface area contributed by atoms with Gasteiger partial charge in [-0.05, 0) is 111 Å². The third-order valence-corrected chi connectivity index (χ3v) is 17.8. The minimum Gasteiger partial charge on any atom is -0.493 e. The quantitative estimate of drug-likeness (QED) is 0.107. The lowest BCUT2D eigenvalue weighted by molar-refractivity contribution is -0.155. The molecule has 6 aliphatic heterocycles. The number of hydrogen-bond acceptors (Lipinski definition) is 17. The van der Waals surface area contributed by atoms with Crippen molar-refractivity contribution in [1.82, 2.24) is 50.7 Å². The molecule has 6 heterocycles. The van der Waals surface area contributed by atoms with Crippen LogP contribution in [0.25, 0.3) is 6.08 Å². The van der Waals surface area contributed by atoms with Crippen LogP contribution in [0.15, 0.2) is 89.8 Å². The molecule has 0 radical (unpaired) electrons. The number of nitrogens with one attached hydrogen (secondary N) is 4. The zero-order chi connectivity index (χ0) is 68.0. The number of aliphatic hydroxyl groups excluding tert-OH is 2. The maximum absolute atomic E-state index is 15.5. The average molecular weight is 1290 g/mol. The monoisotopic (exact) mass is 1290 g/mol. The van der Waals surface area contributed by atoms with Gasteiger partial charge in [0.2, 0.25) is 47.3 Å². The maximum atomic E-state index is 15.5. The number of methoxy groups -OCH3 is 1. The van der Waals surface area contributed by atoms with Gasteiger partial charge in [0.1, 0.15) is 83.8 Å². The third kappa shape index (κ3) is 15.4. The number of esters is 1. The number of carbonyl (C=O) groups is 10. The zero-order valence-corrected chi connectivity index (χ0v) is 55.0. The van der Waals surface area contributed by atoms with E-state index >= 15 is 28.8 Å². The first kappa shape index (κ1) is 70.2. The number of ether oxygens (including phenoxy) is 4. The molecule has 9 rings (SSSR count). The predicted octanol–water partition coefficient (Wildman–Crippen LogP) is 2.40. The van der Waals surface area contributed by atoms with Crippen molar-refractivity contribution in [3.8, 4) is 17.2 Å². The number of carbonyl (C=O) groups excluding carboxylic acids is 10. The molecule has 0 aliphatic carbocycles. The van der Waals surface area contributed by atoms with Crippen molar-refractivity contribution in [2.24, 2.45) is 17.8 Å². The van der Waals surface area contributed by atoms with Crippen LogP contribution in [0, 0.1) is 17.8 Å². The molecule has 6 aliphatic rings. The number of nitrogens with zero attached hydrogens (tertiary/aromatic N) is 6. The normalized spacial score (nSPS) is 27.7. The van der Waals surface area contributed by atoms with Crippen LogP contribution in [0.2, 0.25) is 0 Å². The summed E-state index contributed by atoms with van der Waals surface area (Å²) in [5.41, 5.74) is 0.0205. The first-order valence-corrected chi connectivity index (χ1v) is 31.5. The van der Waals surface area contributed by atoms with Crippen molar-refractivity contribution in [3.63, 3.8) is 0 Å². The fraction of sp³-hybridized carbons (Fsp3) is 0.522. The van der Waals surface area contributed by atoms with Crippen molar-refractivity contribution >= 4 is 65.2 Å². The number of fused-ring (bicyclic) bond motifs is 4.